The fourth-order valence-electron chi connectivity index (χ4n) is 2.07. The number of ketones is 1. The number of carbonyl (C=O) groups is 1. The van der Waals surface area contributed by atoms with Crippen molar-refractivity contribution in [3.8, 4) is 5.88 Å². The molecule has 0 N–H and O–H groups in total. The van der Waals surface area contributed by atoms with Crippen LogP contribution < -0.4 is 4.74 Å². The number of pyridine rings is 1. The Morgan fingerprint density at radius 3 is 2.86 bits per heavy atom. The van der Waals surface area contributed by atoms with E-state index < -0.39 is 0 Å². The van der Waals surface area contributed by atoms with Crippen LogP contribution in [0.15, 0.2) is 48.8 Å². The van der Waals surface area contributed by atoms with Gasteiger partial charge in [0, 0.05) is 17.1 Å². The second kappa shape index (κ2) is 5.66. The van der Waals surface area contributed by atoms with Crippen LogP contribution in [-0.2, 0) is 6.42 Å². The van der Waals surface area contributed by atoms with Crippen LogP contribution in [0.1, 0.15) is 16.2 Å². The average Bonchev–Trinajstić information content (AvgIpc) is 2.54. The maximum absolute atomic E-state index is 12.2. The van der Waals surface area contributed by atoms with Crippen molar-refractivity contribution >= 4 is 16.7 Å². The first-order chi connectivity index (χ1) is 10.3. The fourth-order valence-corrected chi connectivity index (χ4v) is 2.07. The number of hydrogen-bond acceptors (Lipinski definition) is 5. The van der Waals surface area contributed by atoms with Gasteiger partial charge in [0.15, 0.2) is 5.78 Å². The molecule has 0 spiro atoms. The molecule has 2 heterocycles. The van der Waals surface area contributed by atoms with Crippen molar-refractivity contribution in [1.29, 1.82) is 0 Å². The van der Waals surface area contributed by atoms with Crippen LogP contribution in [0.25, 0.3) is 10.9 Å². The molecule has 3 aromatic rings. The van der Waals surface area contributed by atoms with Gasteiger partial charge >= 0.3 is 0 Å². The van der Waals surface area contributed by atoms with Crippen LogP contribution in [0.2, 0.25) is 0 Å². The number of Topliss-reactive ketones (excluding diaryl/α,β-unsaturated/α-hetero) is 1. The zero-order valence-corrected chi connectivity index (χ0v) is 11.5. The van der Waals surface area contributed by atoms with Crippen molar-refractivity contribution in [2.45, 2.75) is 6.42 Å². The normalized spacial score (nSPS) is 10.5. The van der Waals surface area contributed by atoms with E-state index in [9.17, 15) is 4.79 Å². The highest BCUT2D eigenvalue weighted by Gasteiger charge is 2.11. The Kier molecular flexibility index (Phi) is 3.55. The molecule has 0 bridgehead atoms. The molecular formula is C16H13N3O2. The highest BCUT2D eigenvalue weighted by Crippen LogP contribution is 2.14. The number of rotatable bonds is 4. The molecule has 0 aliphatic rings. The predicted molar refractivity (Wildman–Crippen MR) is 78.4 cm³/mol. The second-order valence-corrected chi connectivity index (χ2v) is 4.54. The summed E-state index contributed by atoms with van der Waals surface area (Å²) in [5.41, 5.74) is 1.93. The number of ether oxygens (including phenoxy) is 1. The summed E-state index contributed by atoms with van der Waals surface area (Å²) >= 11 is 0. The number of nitrogens with zero attached hydrogens (tertiary/aromatic N) is 3. The van der Waals surface area contributed by atoms with Crippen molar-refractivity contribution in [2.24, 2.45) is 0 Å². The highest BCUT2D eigenvalue weighted by molar-refractivity contribution is 5.96. The second-order valence-electron chi connectivity index (χ2n) is 4.54. The molecule has 3 rings (SSSR count). The minimum atomic E-state index is -0.113. The van der Waals surface area contributed by atoms with Crippen LogP contribution in [0.4, 0.5) is 0 Å². The van der Waals surface area contributed by atoms with Gasteiger partial charge < -0.3 is 4.74 Å². The molecular weight excluding hydrogens is 266 g/mol. The topological polar surface area (TPSA) is 65.0 Å². The van der Waals surface area contributed by atoms with E-state index in [0.717, 1.165) is 16.6 Å². The number of benzene rings is 1. The molecule has 2 aromatic heterocycles. The SMILES string of the molecule is COc1cc(C(=O)Cc2ccc3ccccc3n2)ncn1. The number of hydrogen-bond donors (Lipinski definition) is 0. The summed E-state index contributed by atoms with van der Waals surface area (Å²) in [7, 11) is 1.50. The minimum Gasteiger partial charge on any atom is -0.481 e. The zero-order chi connectivity index (χ0) is 14.7. The molecule has 21 heavy (non-hydrogen) atoms. The van der Waals surface area contributed by atoms with E-state index in [4.69, 9.17) is 4.74 Å². The highest BCUT2D eigenvalue weighted by atomic mass is 16.5. The molecule has 0 saturated carbocycles. The van der Waals surface area contributed by atoms with Gasteiger partial charge in [-0.05, 0) is 12.1 Å². The Balaban J connectivity index is 1.85. The Morgan fingerprint density at radius 2 is 2.00 bits per heavy atom. The first-order valence-corrected chi connectivity index (χ1v) is 6.50. The Labute approximate surface area is 121 Å². The van der Waals surface area contributed by atoms with Crippen LogP contribution in [-0.4, -0.2) is 27.8 Å². The van der Waals surface area contributed by atoms with Gasteiger partial charge in [-0.3, -0.25) is 9.78 Å². The first-order valence-electron chi connectivity index (χ1n) is 6.50. The maximum Gasteiger partial charge on any atom is 0.216 e. The molecule has 5 nitrogen and oxygen atoms in total. The van der Waals surface area contributed by atoms with Gasteiger partial charge in [-0.25, -0.2) is 9.97 Å². The Hall–Kier alpha value is -2.82. The summed E-state index contributed by atoms with van der Waals surface area (Å²) in [6, 6.07) is 13.2. The number of carbonyl (C=O) groups excluding carboxylic acids is 1. The third-order valence-corrected chi connectivity index (χ3v) is 3.13. The van der Waals surface area contributed by atoms with Gasteiger partial charge in [0.2, 0.25) is 5.88 Å². The van der Waals surface area contributed by atoms with Gasteiger partial charge in [-0.15, -0.1) is 0 Å². The Morgan fingerprint density at radius 1 is 1.14 bits per heavy atom. The summed E-state index contributed by atoms with van der Waals surface area (Å²) in [6.45, 7) is 0. The first kappa shape index (κ1) is 13.2. The van der Waals surface area contributed by atoms with E-state index in [0.29, 0.717) is 11.6 Å². The third-order valence-electron chi connectivity index (χ3n) is 3.13. The number of aromatic nitrogens is 3. The van der Waals surface area contributed by atoms with Crippen molar-refractivity contribution in [3.63, 3.8) is 0 Å². The molecule has 0 atom stereocenters. The lowest BCUT2D eigenvalue weighted by Crippen LogP contribution is -2.08. The van der Waals surface area contributed by atoms with E-state index in [-0.39, 0.29) is 12.2 Å². The number of para-hydroxylation sites is 1. The van der Waals surface area contributed by atoms with Gasteiger partial charge in [0.25, 0.3) is 0 Å². The van der Waals surface area contributed by atoms with Crippen LogP contribution in [0.3, 0.4) is 0 Å². The summed E-state index contributed by atoms with van der Waals surface area (Å²) in [6.07, 6.45) is 1.52. The molecule has 0 amide bonds. The fraction of sp³-hybridized carbons (Fsp3) is 0.125. The predicted octanol–water partition coefficient (Wildman–Crippen LogP) is 2.46. The lowest BCUT2D eigenvalue weighted by atomic mass is 10.1. The monoisotopic (exact) mass is 279 g/mol. The lowest BCUT2D eigenvalue weighted by Gasteiger charge is -2.03. The van der Waals surface area contributed by atoms with Gasteiger partial charge in [0.1, 0.15) is 12.0 Å². The average molecular weight is 279 g/mol. The largest absolute Gasteiger partial charge is 0.481 e. The van der Waals surface area contributed by atoms with Gasteiger partial charge in [0.05, 0.1) is 19.0 Å². The molecule has 5 heteroatoms. The summed E-state index contributed by atoms with van der Waals surface area (Å²) in [4.78, 5) is 24.6. The Bertz CT molecular complexity index is 802. The molecule has 1 aromatic carbocycles. The molecule has 0 radical (unpaired) electrons. The number of methoxy groups -OCH3 is 1. The zero-order valence-electron chi connectivity index (χ0n) is 11.5. The molecule has 0 fully saturated rings. The molecule has 0 aliphatic heterocycles. The van der Waals surface area contributed by atoms with Gasteiger partial charge in [-0.2, -0.15) is 0 Å². The molecule has 104 valence electrons. The van der Waals surface area contributed by atoms with E-state index >= 15 is 0 Å². The van der Waals surface area contributed by atoms with Crippen molar-refractivity contribution in [1.82, 2.24) is 15.0 Å². The lowest BCUT2D eigenvalue weighted by molar-refractivity contribution is 0.0986. The van der Waals surface area contributed by atoms with E-state index in [2.05, 4.69) is 15.0 Å². The molecule has 0 aliphatic carbocycles. The van der Waals surface area contributed by atoms with Gasteiger partial charge in [-0.1, -0.05) is 24.3 Å². The third kappa shape index (κ3) is 2.86. The van der Waals surface area contributed by atoms with Crippen molar-refractivity contribution < 1.29 is 9.53 Å². The minimum absolute atomic E-state index is 0.113. The smallest absolute Gasteiger partial charge is 0.216 e. The summed E-state index contributed by atoms with van der Waals surface area (Å²) in [5.74, 6) is 0.262. The molecule has 0 saturated heterocycles. The van der Waals surface area contributed by atoms with Crippen molar-refractivity contribution in [3.05, 3.63) is 60.2 Å². The van der Waals surface area contributed by atoms with Crippen LogP contribution >= 0.6 is 0 Å². The van der Waals surface area contributed by atoms with E-state index in [1.54, 1.807) is 0 Å². The quantitative estimate of drug-likeness (QED) is 0.686. The van der Waals surface area contributed by atoms with Crippen LogP contribution in [0.5, 0.6) is 5.88 Å². The van der Waals surface area contributed by atoms with E-state index in [1.165, 1.54) is 19.5 Å². The number of fused-ring (bicyclic) bond motifs is 1. The van der Waals surface area contributed by atoms with E-state index in [1.807, 2.05) is 36.4 Å². The van der Waals surface area contributed by atoms with Crippen molar-refractivity contribution in [2.75, 3.05) is 7.11 Å². The summed E-state index contributed by atoms with van der Waals surface area (Å²) < 4.78 is 4.99. The standard InChI is InChI=1S/C16H13N3O2/c1-21-16-9-14(17-10-18-16)15(20)8-12-7-6-11-4-2-3-5-13(11)19-12/h2-7,9-10H,8H2,1H3. The molecule has 0 unspecified atom stereocenters. The van der Waals surface area contributed by atoms with Crippen LogP contribution in [0, 0.1) is 0 Å². The summed E-state index contributed by atoms with van der Waals surface area (Å²) in [5, 5.41) is 1.05. The maximum atomic E-state index is 12.2.